The highest BCUT2D eigenvalue weighted by Crippen LogP contribution is 2.70. The second kappa shape index (κ2) is 11.5. The Bertz CT molecular complexity index is 1020. The fourth-order valence-electron chi connectivity index (χ4n) is 11.6. The third-order valence-corrected chi connectivity index (χ3v) is 13.6. The van der Waals surface area contributed by atoms with Crippen molar-refractivity contribution in [3.8, 4) is 0 Å². The fourth-order valence-corrected chi connectivity index (χ4v) is 11.6. The van der Waals surface area contributed by atoms with Crippen molar-refractivity contribution in [2.24, 2.45) is 57.7 Å². The minimum atomic E-state index is 0.217. The van der Waals surface area contributed by atoms with Crippen LogP contribution < -0.4 is 11.5 Å². The molecule has 4 saturated carbocycles. The van der Waals surface area contributed by atoms with Crippen LogP contribution in [-0.2, 0) is 11.2 Å². The van der Waals surface area contributed by atoms with E-state index < -0.39 is 0 Å². The van der Waals surface area contributed by atoms with E-state index in [-0.39, 0.29) is 5.41 Å². The highest BCUT2D eigenvalue weighted by molar-refractivity contribution is 5.56. The van der Waals surface area contributed by atoms with Gasteiger partial charge in [0.05, 0.1) is 12.7 Å². The van der Waals surface area contributed by atoms with Gasteiger partial charge in [0.1, 0.15) is 0 Å². The van der Waals surface area contributed by atoms with Crippen molar-refractivity contribution < 1.29 is 4.74 Å². The average Bonchev–Trinajstić information content (AvgIpc) is 3.23. The molecule has 226 valence electrons. The third kappa shape index (κ3) is 5.35. The van der Waals surface area contributed by atoms with E-state index in [2.05, 4.69) is 54.5 Å². The van der Waals surface area contributed by atoms with Gasteiger partial charge in [-0.2, -0.15) is 0 Å². The summed E-state index contributed by atoms with van der Waals surface area (Å²) in [7, 11) is 0. The van der Waals surface area contributed by atoms with E-state index in [4.69, 9.17) is 16.2 Å². The molecule has 0 bridgehead atoms. The Labute approximate surface area is 247 Å². The largest absolute Gasteiger partial charge is 0.399 e. The molecule has 0 spiro atoms. The maximum atomic E-state index is 6.70. The van der Waals surface area contributed by atoms with E-state index in [0.717, 1.165) is 71.4 Å². The Balaban J connectivity index is 1.23. The number of rotatable bonds is 9. The van der Waals surface area contributed by atoms with Crippen molar-refractivity contribution in [1.29, 1.82) is 0 Å². The number of ether oxygens (including phenoxy) is 1. The van der Waals surface area contributed by atoms with Gasteiger partial charge in [0.15, 0.2) is 0 Å². The van der Waals surface area contributed by atoms with Crippen LogP contribution >= 0.6 is 0 Å². The molecule has 4 aliphatic carbocycles. The van der Waals surface area contributed by atoms with E-state index in [1.165, 1.54) is 70.6 Å². The van der Waals surface area contributed by atoms with Crippen molar-refractivity contribution in [1.82, 2.24) is 0 Å². The summed E-state index contributed by atoms with van der Waals surface area (Å²) in [6.07, 6.45) is 16.8. The number of benzene rings is 1. The molecule has 0 aliphatic heterocycles. The van der Waals surface area contributed by atoms with Crippen LogP contribution in [0.15, 0.2) is 18.2 Å². The second-order valence-corrected chi connectivity index (χ2v) is 16.5. The normalized spacial score (nSPS) is 39.4. The van der Waals surface area contributed by atoms with Crippen LogP contribution in [0.1, 0.15) is 125 Å². The Morgan fingerprint density at radius 2 is 1.57 bits per heavy atom. The smallest absolute Gasteiger partial charge is 0.0629 e. The van der Waals surface area contributed by atoms with Crippen molar-refractivity contribution in [3.63, 3.8) is 0 Å². The Kier molecular flexibility index (Phi) is 8.67. The molecule has 0 aromatic heterocycles. The van der Waals surface area contributed by atoms with Gasteiger partial charge in [0.2, 0.25) is 0 Å². The quantitative estimate of drug-likeness (QED) is 0.301. The second-order valence-electron chi connectivity index (χ2n) is 16.5. The Hall–Kier alpha value is -1.22. The molecule has 0 radical (unpaired) electrons. The molecule has 5 rings (SSSR count). The fraction of sp³-hybridized carbons (Fsp3) is 0.838. The Morgan fingerprint density at radius 1 is 0.850 bits per heavy atom. The lowest BCUT2D eigenvalue weighted by molar-refractivity contribution is -0.190. The van der Waals surface area contributed by atoms with Gasteiger partial charge < -0.3 is 16.2 Å². The van der Waals surface area contributed by atoms with E-state index in [1.807, 2.05) is 12.1 Å². The van der Waals surface area contributed by atoms with Crippen molar-refractivity contribution in [2.45, 2.75) is 132 Å². The summed E-state index contributed by atoms with van der Waals surface area (Å²) in [4.78, 5) is 0. The molecule has 1 aromatic carbocycles. The first-order chi connectivity index (χ1) is 18.9. The van der Waals surface area contributed by atoms with Gasteiger partial charge in [-0.05, 0) is 133 Å². The summed E-state index contributed by atoms with van der Waals surface area (Å²) in [5, 5.41) is 0. The summed E-state index contributed by atoms with van der Waals surface area (Å²) >= 11 is 0. The van der Waals surface area contributed by atoms with E-state index in [1.54, 1.807) is 0 Å². The highest BCUT2D eigenvalue weighted by Gasteiger charge is 2.63. The summed E-state index contributed by atoms with van der Waals surface area (Å²) in [5.74, 6) is 6.28. The van der Waals surface area contributed by atoms with Gasteiger partial charge in [0, 0.05) is 11.4 Å². The first-order valence-electron chi connectivity index (χ1n) is 17.1. The maximum absolute atomic E-state index is 6.70. The zero-order valence-corrected chi connectivity index (χ0v) is 27.1. The van der Waals surface area contributed by atoms with Crippen LogP contribution in [0.3, 0.4) is 0 Å². The van der Waals surface area contributed by atoms with Gasteiger partial charge in [-0.3, -0.25) is 0 Å². The topological polar surface area (TPSA) is 61.3 Å². The molecule has 3 nitrogen and oxygen atoms in total. The predicted molar refractivity (Wildman–Crippen MR) is 171 cm³/mol. The summed E-state index contributed by atoms with van der Waals surface area (Å²) in [6.45, 7) is 18.6. The van der Waals surface area contributed by atoms with E-state index in [0.29, 0.717) is 16.9 Å². The lowest BCUT2D eigenvalue weighted by Crippen LogP contribution is -2.59. The van der Waals surface area contributed by atoms with Crippen molar-refractivity contribution >= 4 is 11.4 Å². The number of hydrogen-bond acceptors (Lipinski definition) is 3. The molecule has 4 aliphatic rings. The molecular weight excluding hydrogens is 488 g/mol. The maximum Gasteiger partial charge on any atom is 0.0629 e. The number of hydrogen-bond donors (Lipinski definition) is 2. The summed E-state index contributed by atoms with van der Waals surface area (Å²) < 4.78 is 6.70. The van der Waals surface area contributed by atoms with Crippen LogP contribution in [0, 0.1) is 57.7 Å². The van der Waals surface area contributed by atoms with Crippen LogP contribution in [0.5, 0.6) is 0 Å². The monoisotopic (exact) mass is 550 g/mol. The van der Waals surface area contributed by atoms with Gasteiger partial charge in [0.25, 0.3) is 0 Å². The zero-order valence-electron chi connectivity index (χ0n) is 27.1. The molecule has 0 amide bonds. The van der Waals surface area contributed by atoms with Gasteiger partial charge in [-0.25, -0.2) is 0 Å². The van der Waals surface area contributed by atoms with E-state index in [9.17, 15) is 0 Å². The third-order valence-electron chi connectivity index (χ3n) is 13.6. The minimum absolute atomic E-state index is 0.217. The number of nitrogen functional groups attached to an aromatic ring is 2. The standard InChI is InChI=1S/C37H62N2O/c1-24(2)9-8-10-25(3)29-14-15-30-28-13-16-33-35(4,5)34(40-22-19-26-11-12-27(38)23-32(26)39)18-21-37(33,7)31(28)17-20-36(29,30)6/h11-12,23-25,28-31,33-34H,8-10,13-22,38-39H2,1-7H3/t25?,28-,29+,30-,31-,33?,34?,36+,37+/m0/s1. The summed E-state index contributed by atoms with van der Waals surface area (Å²) in [6, 6.07) is 5.89. The minimum Gasteiger partial charge on any atom is -0.399 e. The van der Waals surface area contributed by atoms with Crippen molar-refractivity contribution in [2.75, 3.05) is 18.1 Å². The number of anilines is 2. The molecule has 1 aromatic rings. The molecule has 3 heteroatoms. The molecule has 0 saturated heterocycles. The summed E-state index contributed by atoms with van der Waals surface area (Å²) in [5.41, 5.74) is 16.1. The highest BCUT2D eigenvalue weighted by atomic mass is 16.5. The molecular formula is C37H62N2O. The zero-order chi connectivity index (χ0) is 28.9. The number of fused-ring (bicyclic) bond motifs is 5. The Morgan fingerprint density at radius 3 is 2.30 bits per heavy atom. The van der Waals surface area contributed by atoms with Crippen LogP contribution in [0.25, 0.3) is 0 Å². The lowest BCUT2D eigenvalue weighted by Gasteiger charge is -2.65. The first kappa shape index (κ1) is 30.2. The molecule has 9 atom stereocenters. The van der Waals surface area contributed by atoms with Crippen LogP contribution in [-0.4, -0.2) is 12.7 Å². The van der Waals surface area contributed by atoms with Gasteiger partial charge in [-0.15, -0.1) is 0 Å². The molecule has 0 heterocycles. The SMILES string of the molecule is CC(C)CCCC(C)[C@H]1CC[C@H]2[C@@H]3CCC4C(C)(C)C(OCCc5ccc(N)cc5N)CC[C@]4(C)[C@H]3CC[C@]12C. The van der Waals surface area contributed by atoms with Crippen LogP contribution in [0.2, 0.25) is 0 Å². The molecule has 4 N–H and O–H groups in total. The number of nitrogens with two attached hydrogens (primary N) is 2. The first-order valence-corrected chi connectivity index (χ1v) is 17.1. The van der Waals surface area contributed by atoms with Gasteiger partial charge in [-0.1, -0.05) is 73.8 Å². The molecule has 4 fully saturated rings. The molecule has 3 unspecified atom stereocenters. The van der Waals surface area contributed by atoms with E-state index >= 15 is 0 Å². The van der Waals surface area contributed by atoms with Crippen molar-refractivity contribution in [3.05, 3.63) is 23.8 Å². The molecule has 40 heavy (non-hydrogen) atoms. The average molecular weight is 551 g/mol. The van der Waals surface area contributed by atoms with Crippen LogP contribution in [0.4, 0.5) is 11.4 Å². The lowest BCUT2D eigenvalue weighted by atomic mass is 9.41. The van der Waals surface area contributed by atoms with Gasteiger partial charge >= 0.3 is 0 Å². The predicted octanol–water partition coefficient (Wildman–Crippen LogP) is 9.54.